The number of benzene rings is 2. The lowest BCUT2D eigenvalue weighted by molar-refractivity contribution is 0.102. The van der Waals surface area contributed by atoms with Crippen LogP contribution in [0, 0.1) is 13.8 Å². The fourth-order valence-corrected chi connectivity index (χ4v) is 3.75. The van der Waals surface area contributed by atoms with Crippen LogP contribution in [0.4, 0.5) is 5.95 Å². The Labute approximate surface area is 179 Å². The second kappa shape index (κ2) is 8.92. The van der Waals surface area contributed by atoms with Crippen LogP contribution in [0.1, 0.15) is 31.9 Å². The van der Waals surface area contributed by atoms with Gasteiger partial charge in [-0.05, 0) is 48.1 Å². The van der Waals surface area contributed by atoms with Gasteiger partial charge in [-0.1, -0.05) is 42.5 Å². The lowest BCUT2D eigenvalue weighted by atomic mass is 10.1. The average Bonchev–Trinajstić information content (AvgIpc) is 3.39. The van der Waals surface area contributed by atoms with Gasteiger partial charge in [0.2, 0.25) is 5.95 Å². The van der Waals surface area contributed by atoms with Gasteiger partial charge in [0.15, 0.2) is 0 Å². The third-order valence-corrected chi connectivity index (χ3v) is 5.54. The molecule has 0 atom stereocenters. The number of rotatable bonds is 7. The molecule has 1 amide bonds. The van der Waals surface area contributed by atoms with Crippen molar-refractivity contribution in [3.05, 3.63) is 93.4 Å². The molecule has 0 spiro atoms. The molecule has 7 heteroatoms. The molecule has 4 rings (SSSR count). The van der Waals surface area contributed by atoms with Crippen molar-refractivity contribution in [3.8, 4) is 5.75 Å². The van der Waals surface area contributed by atoms with E-state index in [0.717, 1.165) is 28.0 Å². The Morgan fingerprint density at radius 1 is 1.10 bits per heavy atom. The lowest BCUT2D eigenvalue weighted by Crippen LogP contribution is -2.12. The molecule has 0 unspecified atom stereocenters. The number of hydrogen-bond donors (Lipinski definition) is 1. The van der Waals surface area contributed by atoms with E-state index in [1.165, 1.54) is 11.3 Å². The molecule has 0 saturated heterocycles. The van der Waals surface area contributed by atoms with Crippen molar-refractivity contribution in [2.24, 2.45) is 0 Å². The molecule has 0 aliphatic carbocycles. The Hall–Kier alpha value is -3.45. The zero-order valence-corrected chi connectivity index (χ0v) is 17.6. The van der Waals surface area contributed by atoms with Crippen LogP contribution in [0.3, 0.4) is 0 Å². The number of anilines is 1. The molecular formula is C23H22N4O2S. The fraction of sp³-hybridized carbons (Fsp3) is 0.174. The largest absolute Gasteiger partial charge is 0.489 e. The molecule has 6 nitrogen and oxygen atoms in total. The number of ether oxygens (including phenoxy) is 1. The van der Waals surface area contributed by atoms with E-state index < -0.39 is 0 Å². The maximum atomic E-state index is 12.5. The highest BCUT2D eigenvalue weighted by atomic mass is 32.1. The normalized spacial score (nSPS) is 10.7. The number of aryl methyl sites for hydroxylation is 2. The Kier molecular flexibility index (Phi) is 5.90. The Morgan fingerprint density at radius 3 is 2.77 bits per heavy atom. The van der Waals surface area contributed by atoms with Gasteiger partial charge in [0, 0.05) is 5.56 Å². The molecule has 1 N–H and O–H groups in total. The van der Waals surface area contributed by atoms with Crippen molar-refractivity contribution in [2.45, 2.75) is 27.0 Å². The second-order valence-electron chi connectivity index (χ2n) is 7.08. The number of amides is 1. The molecule has 30 heavy (non-hydrogen) atoms. The highest BCUT2D eigenvalue weighted by molar-refractivity contribution is 7.12. The molecule has 152 valence electrons. The summed E-state index contributed by atoms with van der Waals surface area (Å²) in [7, 11) is 0. The van der Waals surface area contributed by atoms with E-state index in [0.29, 0.717) is 18.0 Å². The van der Waals surface area contributed by atoms with Crippen LogP contribution >= 0.6 is 11.3 Å². The summed E-state index contributed by atoms with van der Waals surface area (Å²) < 4.78 is 7.62. The summed E-state index contributed by atoms with van der Waals surface area (Å²) in [6, 6.07) is 17.9. The Morgan fingerprint density at radius 2 is 1.93 bits per heavy atom. The van der Waals surface area contributed by atoms with Crippen LogP contribution < -0.4 is 10.1 Å². The van der Waals surface area contributed by atoms with Crippen LogP contribution in [-0.4, -0.2) is 20.7 Å². The lowest BCUT2D eigenvalue weighted by Gasteiger charge is -2.08. The third kappa shape index (κ3) is 4.93. The van der Waals surface area contributed by atoms with Crippen LogP contribution in [0.25, 0.3) is 0 Å². The van der Waals surface area contributed by atoms with Gasteiger partial charge in [-0.3, -0.25) is 10.1 Å². The molecule has 0 fully saturated rings. The third-order valence-electron chi connectivity index (χ3n) is 4.56. The van der Waals surface area contributed by atoms with Gasteiger partial charge in [0.1, 0.15) is 18.7 Å². The highest BCUT2D eigenvalue weighted by Crippen LogP contribution is 2.22. The molecule has 2 aromatic heterocycles. The maximum absolute atomic E-state index is 12.5. The Bertz CT molecular complexity index is 1150. The highest BCUT2D eigenvalue weighted by Gasteiger charge is 2.13. The quantitative estimate of drug-likeness (QED) is 0.466. The average molecular weight is 419 g/mol. The summed E-state index contributed by atoms with van der Waals surface area (Å²) in [5, 5.41) is 9.01. The van der Waals surface area contributed by atoms with Crippen molar-refractivity contribution in [1.29, 1.82) is 0 Å². The zero-order valence-electron chi connectivity index (χ0n) is 16.8. The number of nitrogens with one attached hydrogen (secondary N) is 1. The first-order valence-corrected chi connectivity index (χ1v) is 10.5. The number of hydrogen-bond acceptors (Lipinski definition) is 5. The van der Waals surface area contributed by atoms with Crippen molar-refractivity contribution < 1.29 is 9.53 Å². The van der Waals surface area contributed by atoms with E-state index in [-0.39, 0.29) is 11.9 Å². The summed E-state index contributed by atoms with van der Waals surface area (Å²) in [4.78, 5) is 17.3. The molecule has 0 bridgehead atoms. The number of carbonyl (C=O) groups is 1. The van der Waals surface area contributed by atoms with Gasteiger partial charge in [-0.15, -0.1) is 16.4 Å². The summed E-state index contributed by atoms with van der Waals surface area (Å²) in [5.74, 6) is 0.924. The van der Waals surface area contributed by atoms with E-state index in [1.807, 2.05) is 67.8 Å². The van der Waals surface area contributed by atoms with E-state index in [9.17, 15) is 4.79 Å². The summed E-state index contributed by atoms with van der Waals surface area (Å²) in [6.45, 7) is 5.07. The predicted molar refractivity (Wildman–Crippen MR) is 118 cm³/mol. The molecular weight excluding hydrogens is 396 g/mol. The molecule has 0 radical (unpaired) electrons. The topological polar surface area (TPSA) is 69.0 Å². The monoisotopic (exact) mass is 418 g/mol. The molecule has 0 aliphatic rings. The first kappa shape index (κ1) is 19.8. The van der Waals surface area contributed by atoms with Crippen LogP contribution in [0.2, 0.25) is 0 Å². The molecule has 4 aromatic rings. The van der Waals surface area contributed by atoms with Crippen molar-refractivity contribution in [2.75, 3.05) is 5.32 Å². The number of thiophene rings is 1. The van der Waals surface area contributed by atoms with E-state index in [4.69, 9.17) is 4.74 Å². The second-order valence-corrected chi connectivity index (χ2v) is 7.99. The SMILES string of the molecule is Cc1ccc(C)c(OCc2csc(C(=O)Nc3ncn(Cc4ccccc4)n3)c2)c1. The number of carbonyl (C=O) groups excluding carboxylic acids is 1. The fourth-order valence-electron chi connectivity index (χ4n) is 2.96. The Balaban J connectivity index is 1.34. The molecule has 0 aliphatic heterocycles. The van der Waals surface area contributed by atoms with E-state index in [2.05, 4.69) is 21.5 Å². The minimum Gasteiger partial charge on any atom is -0.489 e. The van der Waals surface area contributed by atoms with Crippen LogP contribution in [0.5, 0.6) is 5.75 Å². The van der Waals surface area contributed by atoms with Crippen LogP contribution in [-0.2, 0) is 13.2 Å². The van der Waals surface area contributed by atoms with Gasteiger partial charge in [0.25, 0.3) is 5.91 Å². The van der Waals surface area contributed by atoms with Crippen molar-refractivity contribution in [1.82, 2.24) is 14.8 Å². The maximum Gasteiger partial charge on any atom is 0.268 e. The molecule has 2 heterocycles. The predicted octanol–water partition coefficient (Wildman–Crippen LogP) is 4.84. The van der Waals surface area contributed by atoms with Crippen LogP contribution in [0.15, 0.2) is 66.3 Å². The van der Waals surface area contributed by atoms with Gasteiger partial charge >= 0.3 is 0 Å². The number of aromatic nitrogens is 3. The molecule has 2 aromatic carbocycles. The smallest absolute Gasteiger partial charge is 0.268 e. The first-order valence-electron chi connectivity index (χ1n) is 9.59. The van der Waals surface area contributed by atoms with Crippen molar-refractivity contribution in [3.63, 3.8) is 0 Å². The summed E-state index contributed by atoms with van der Waals surface area (Å²) in [6.07, 6.45) is 1.61. The summed E-state index contributed by atoms with van der Waals surface area (Å²) >= 11 is 1.37. The van der Waals surface area contributed by atoms with Gasteiger partial charge in [0.05, 0.1) is 11.4 Å². The van der Waals surface area contributed by atoms with E-state index >= 15 is 0 Å². The van der Waals surface area contributed by atoms with Gasteiger partial charge in [-0.25, -0.2) is 9.67 Å². The standard InChI is InChI=1S/C23H22N4O2S/c1-16-8-9-17(2)20(10-16)29-13-19-11-21(30-14-19)22(28)25-23-24-15-27(26-23)12-18-6-4-3-5-7-18/h3-11,14-15H,12-13H2,1-2H3,(H,25,26,28). The molecule has 0 saturated carbocycles. The minimum atomic E-state index is -0.226. The minimum absolute atomic E-state index is 0.226. The van der Waals surface area contributed by atoms with Gasteiger partial charge < -0.3 is 4.74 Å². The van der Waals surface area contributed by atoms with Crippen molar-refractivity contribution >= 4 is 23.2 Å². The summed E-state index contributed by atoms with van der Waals surface area (Å²) in [5.41, 5.74) is 4.31. The zero-order chi connectivity index (χ0) is 20.9. The first-order chi connectivity index (χ1) is 14.6. The van der Waals surface area contributed by atoms with Gasteiger partial charge in [-0.2, -0.15) is 0 Å². The van der Waals surface area contributed by atoms with E-state index in [1.54, 1.807) is 11.0 Å². The number of nitrogens with zero attached hydrogens (tertiary/aromatic N) is 3.